The normalized spacial score (nSPS) is 16.9. The van der Waals surface area contributed by atoms with E-state index in [-0.39, 0.29) is 124 Å². The van der Waals surface area contributed by atoms with Crippen LogP contribution in [0.4, 0.5) is 0 Å². The van der Waals surface area contributed by atoms with Gasteiger partial charge in [0.15, 0.2) is 7.85 Å². The Balaban J connectivity index is 2.66. The van der Waals surface area contributed by atoms with Gasteiger partial charge in [0.05, 0.1) is 65.0 Å². The second kappa shape index (κ2) is 24.9. The molecule has 19 heteroatoms. The highest BCUT2D eigenvalue weighted by Crippen LogP contribution is 2.11. The first-order valence-electron chi connectivity index (χ1n) is 15.4. The number of ether oxygens (including phenoxy) is 3. The Morgan fingerprint density at radius 1 is 0.596 bits per heavy atom. The van der Waals surface area contributed by atoms with Gasteiger partial charge in [0.25, 0.3) is 0 Å². The van der Waals surface area contributed by atoms with Crippen molar-refractivity contribution in [3.05, 3.63) is 0 Å². The molecule has 18 nitrogen and oxygen atoms in total. The monoisotopic (exact) mass is 673 g/mol. The van der Waals surface area contributed by atoms with Crippen LogP contribution in [-0.4, -0.2) is 208 Å². The number of rotatable bonds is 23. The minimum Gasteiger partial charge on any atom is -0.480 e. The van der Waals surface area contributed by atoms with E-state index in [2.05, 4.69) is 5.32 Å². The van der Waals surface area contributed by atoms with Gasteiger partial charge in [0, 0.05) is 71.7 Å². The van der Waals surface area contributed by atoms with Crippen LogP contribution in [0.1, 0.15) is 19.3 Å². The van der Waals surface area contributed by atoms with E-state index in [1.807, 2.05) is 0 Å². The lowest BCUT2D eigenvalue weighted by molar-refractivity contribution is -0.145. The molecule has 0 aromatic rings. The molecule has 0 aliphatic carbocycles. The van der Waals surface area contributed by atoms with E-state index in [1.165, 1.54) is 0 Å². The van der Waals surface area contributed by atoms with E-state index in [0.717, 1.165) is 0 Å². The third-order valence-corrected chi connectivity index (χ3v) is 7.12. The summed E-state index contributed by atoms with van der Waals surface area (Å²) in [6, 6.07) is -1.10. The van der Waals surface area contributed by atoms with Crippen molar-refractivity contribution in [2.75, 3.05) is 118 Å². The summed E-state index contributed by atoms with van der Waals surface area (Å²) in [6.45, 7) is 2.30. The van der Waals surface area contributed by atoms with Crippen LogP contribution in [0, 0.1) is 0 Å². The maximum absolute atomic E-state index is 12.5. The van der Waals surface area contributed by atoms with Crippen molar-refractivity contribution in [1.82, 2.24) is 24.9 Å². The average molecular weight is 674 g/mol. The zero-order chi connectivity index (χ0) is 35.0. The van der Waals surface area contributed by atoms with Crippen LogP contribution in [0.15, 0.2) is 0 Å². The number of carboxylic acid groups (broad SMARTS) is 4. The van der Waals surface area contributed by atoms with Gasteiger partial charge in [-0.05, 0) is 6.42 Å². The average Bonchev–Trinajstić information content (AvgIpc) is 2.97. The molecule has 0 aromatic heterocycles. The summed E-state index contributed by atoms with van der Waals surface area (Å²) >= 11 is 0. The number of hydrogen-bond donors (Lipinski definition) is 5. The van der Waals surface area contributed by atoms with Crippen LogP contribution in [0.2, 0.25) is 0 Å². The molecule has 1 unspecified atom stereocenters. The maximum atomic E-state index is 12.5. The molecule has 2 radical (unpaired) electrons. The SMILES string of the molecule is [B]C(=O)CCOCCOCCOCCNC(=O)CCC(C(=O)O)N1CCN(CC(=O)O)CCN(CC(=O)O)CCN(CC(=O)O)CC1. The molecule has 1 atom stereocenters. The summed E-state index contributed by atoms with van der Waals surface area (Å²) < 4.78 is 15.9. The van der Waals surface area contributed by atoms with Crippen LogP contribution < -0.4 is 5.32 Å². The molecule has 0 spiro atoms. The Bertz CT molecular complexity index is 960. The molecule has 1 amide bonds. The third-order valence-electron chi connectivity index (χ3n) is 7.12. The lowest BCUT2D eigenvalue weighted by Gasteiger charge is -2.35. The number of nitrogens with one attached hydrogen (secondary N) is 1. The van der Waals surface area contributed by atoms with Crippen LogP contribution in [0.3, 0.4) is 0 Å². The van der Waals surface area contributed by atoms with Gasteiger partial charge in [-0.2, -0.15) is 0 Å². The summed E-state index contributed by atoms with van der Waals surface area (Å²) in [4.78, 5) is 76.2. The first-order chi connectivity index (χ1) is 22.4. The van der Waals surface area contributed by atoms with E-state index >= 15 is 0 Å². The van der Waals surface area contributed by atoms with Crippen molar-refractivity contribution in [2.45, 2.75) is 25.3 Å². The van der Waals surface area contributed by atoms with Gasteiger partial charge in [0.2, 0.25) is 5.91 Å². The van der Waals surface area contributed by atoms with E-state index in [0.29, 0.717) is 19.8 Å². The zero-order valence-corrected chi connectivity index (χ0v) is 26.8. The predicted molar refractivity (Wildman–Crippen MR) is 165 cm³/mol. The van der Waals surface area contributed by atoms with Crippen molar-refractivity contribution in [1.29, 1.82) is 0 Å². The topological polar surface area (TPSA) is 236 Å². The van der Waals surface area contributed by atoms with E-state index < -0.39 is 35.6 Å². The second-order valence-corrected chi connectivity index (χ2v) is 10.8. The Labute approximate surface area is 275 Å². The second-order valence-electron chi connectivity index (χ2n) is 10.8. The van der Waals surface area contributed by atoms with Crippen LogP contribution >= 0.6 is 0 Å². The minimum atomic E-state index is -1.17. The van der Waals surface area contributed by atoms with Gasteiger partial charge in [0.1, 0.15) is 6.04 Å². The molecule has 1 fully saturated rings. The molecular formula is C28H48BN5O13. The molecule has 0 saturated carbocycles. The Hall–Kier alpha value is -3.20. The first-order valence-corrected chi connectivity index (χ1v) is 15.4. The number of carbonyl (C=O) groups excluding carboxylic acids is 2. The zero-order valence-electron chi connectivity index (χ0n) is 26.8. The minimum absolute atomic E-state index is 0.0401. The molecule has 1 aliphatic heterocycles. The number of carbonyl (C=O) groups is 6. The van der Waals surface area contributed by atoms with Crippen molar-refractivity contribution in [3.63, 3.8) is 0 Å². The number of amides is 1. The van der Waals surface area contributed by atoms with Gasteiger partial charge in [-0.1, -0.05) is 0 Å². The van der Waals surface area contributed by atoms with Gasteiger partial charge in [-0.25, -0.2) is 0 Å². The Morgan fingerprint density at radius 2 is 1.00 bits per heavy atom. The number of aliphatic carboxylic acids is 4. The molecule has 5 N–H and O–H groups in total. The fourth-order valence-corrected chi connectivity index (χ4v) is 4.71. The lowest BCUT2D eigenvalue weighted by Crippen LogP contribution is -2.52. The number of carboxylic acids is 4. The molecule has 1 rings (SSSR count). The molecule has 47 heavy (non-hydrogen) atoms. The standard InChI is InChI=1S/C28H48BN5O13/c29-23(35)3-13-45-15-17-47-18-16-46-14-4-30-24(36)2-1-22(28(43)44)34-11-9-32(20-26(39)40)7-5-31(19-25(37)38)6-8-33(10-12-34)21-27(41)42/h22H,1-21H2,(H,30,36)(H,37,38)(H,39,40)(H,41,42)(H,43,44). The summed E-state index contributed by atoms with van der Waals surface area (Å²) in [6.07, 6.45) is -0.00161. The Kier molecular flexibility index (Phi) is 22.2. The van der Waals surface area contributed by atoms with Crippen LogP contribution in [0.5, 0.6) is 0 Å². The Morgan fingerprint density at radius 3 is 1.40 bits per heavy atom. The summed E-state index contributed by atoms with van der Waals surface area (Å²) in [5.74, 6) is -4.80. The highest BCUT2D eigenvalue weighted by molar-refractivity contribution is 6.57. The van der Waals surface area contributed by atoms with Crippen molar-refractivity contribution < 1.29 is 63.4 Å². The van der Waals surface area contributed by atoms with Gasteiger partial charge >= 0.3 is 23.9 Å². The molecule has 0 bridgehead atoms. The number of hydrogen-bond acceptors (Lipinski definition) is 13. The van der Waals surface area contributed by atoms with E-state index in [1.54, 1.807) is 19.6 Å². The predicted octanol–water partition coefficient (Wildman–Crippen LogP) is -3.05. The van der Waals surface area contributed by atoms with Crippen LogP contribution in [0.25, 0.3) is 0 Å². The molecule has 1 heterocycles. The summed E-state index contributed by atoms with van der Waals surface area (Å²) in [5.41, 5.74) is -0.440. The largest absolute Gasteiger partial charge is 0.480 e. The maximum Gasteiger partial charge on any atom is 0.320 e. The van der Waals surface area contributed by atoms with Crippen molar-refractivity contribution >= 4 is 43.3 Å². The highest BCUT2D eigenvalue weighted by Gasteiger charge is 2.28. The summed E-state index contributed by atoms with van der Waals surface area (Å²) in [5, 5.41) is 40.8. The van der Waals surface area contributed by atoms with Gasteiger partial charge in [-0.3, -0.25) is 43.6 Å². The smallest absolute Gasteiger partial charge is 0.320 e. The fraction of sp³-hybridized carbons (Fsp3) is 0.786. The molecule has 0 aromatic carbocycles. The van der Waals surface area contributed by atoms with Crippen molar-refractivity contribution in [2.24, 2.45) is 0 Å². The molecular weight excluding hydrogens is 625 g/mol. The molecule has 1 saturated heterocycles. The fourth-order valence-electron chi connectivity index (χ4n) is 4.71. The summed E-state index contributed by atoms with van der Waals surface area (Å²) in [7, 11) is 5.01. The first kappa shape index (κ1) is 41.8. The van der Waals surface area contributed by atoms with Gasteiger partial charge in [-0.15, -0.1) is 0 Å². The quantitative estimate of drug-likeness (QED) is 0.0535. The third kappa shape index (κ3) is 22.1. The van der Waals surface area contributed by atoms with Gasteiger partial charge < -0.3 is 44.7 Å². The number of nitrogens with zero attached hydrogens (tertiary/aromatic N) is 4. The lowest BCUT2D eigenvalue weighted by atomic mass is 10.0. The van der Waals surface area contributed by atoms with E-state index in [9.17, 15) is 49.2 Å². The van der Waals surface area contributed by atoms with E-state index in [4.69, 9.17) is 22.1 Å². The molecule has 266 valence electrons. The molecule has 1 aliphatic rings. The van der Waals surface area contributed by atoms with Crippen LogP contribution in [-0.2, 0) is 43.0 Å². The highest BCUT2D eigenvalue weighted by atomic mass is 16.5. The van der Waals surface area contributed by atoms with Crippen molar-refractivity contribution in [3.8, 4) is 0 Å².